The van der Waals surface area contributed by atoms with Crippen molar-refractivity contribution in [3.63, 3.8) is 0 Å². The Hall–Kier alpha value is -9.16. The predicted molar refractivity (Wildman–Crippen MR) is 502 cm³/mol. The molecule has 18 atom stereocenters. The summed E-state index contributed by atoms with van der Waals surface area (Å²) in [4.78, 5) is 84.8. The lowest BCUT2D eigenvalue weighted by molar-refractivity contribution is -0.176. The van der Waals surface area contributed by atoms with Crippen molar-refractivity contribution in [3.8, 4) is 33.8 Å². The summed E-state index contributed by atoms with van der Waals surface area (Å²) in [7, 11) is 13.1. The Balaban J connectivity index is 0.000000248. The second-order valence-corrected chi connectivity index (χ2v) is 44.7. The van der Waals surface area contributed by atoms with Crippen LogP contribution < -0.4 is 40.5 Å². The highest BCUT2D eigenvalue weighted by Crippen LogP contribution is 2.63. The molecule has 14 rings (SSSR count). The number of aliphatic hydroxyl groups is 3. The van der Waals surface area contributed by atoms with Crippen molar-refractivity contribution >= 4 is 43.3 Å². The third kappa shape index (κ3) is 23.2. The van der Waals surface area contributed by atoms with Crippen molar-refractivity contribution in [1.29, 1.82) is 0 Å². The minimum atomic E-state index is -2.00. The molecule has 127 heavy (non-hydrogen) atoms. The largest absolute Gasteiger partial charge is 0.496 e. The van der Waals surface area contributed by atoms with Crippen molar-refractivity contribution < 1.29 is 58.1 Å². The van der Waals surface area contributed by atoms with E-state index >= 15 is 0 Å². The number of hydroxylamine groups is 4. The number of aliphatic hydroxyl groups excluding tert-OH is 3. The molecule has 8 fully saturated rings. The number of carbonyl (C=O) groups excluding carboxylic acids is 4. The first-order chi connectivity index (χ1) is 60.2. The number of hydrogen-bond acceptors (Lipinski definition) is 20. The van der Waals surface area contributed by atoms with Gasteiger partial charge in [-0.25, -0.2) is 0 Å². The first-order valence-corrected chi connectivity index (χ1v) is 48.3. The number of azide groups is 2. The molecule has 0 aromatic heterocycles. The Labute approximate surface area is 753 Å². The standard InChI is InChI=1S/C52H78N8O6Si.C46H64N8O6/c1-33-43-28-39(52(43,6)7)29-44(33)56-50(63)47-46(34(2)61)45(30-54-57-53)66-60(47)31-36-20-17-21-42(48(36)64-11)37-25-38(27-41(26-37)59(10)22-23-65-67(12,13)51(3,4)5)49(62)55-40(32-58(8)9)24-35-18-15-14-16-19-35;1-28-38-23-34(46(38,3)4)24-39(28)50-45(58)42-41(29(2)56)40(25-48-51-47)60-54(42)26-31-15-12-16-37(43(31)59-8)32-20-33(22-36(21-32)53(7)17-18-55)44(57)49-35(27-52(5)6)19-30-13-10-9-11-14-30/h14-21,25-27,33-34,39-40,43-47,61H,22-24,28-32H2,1-13H3,(H,55,62)(H,56,63);9-16,20-22,28-29,34-35,38-42,55-56H,17-19,23-27H2,1-8H3,(H,49,57)(H,50,58)/t33-,34-,39+,40-,43-,44-,45-,46+,47-;28-,29-,34+,35-,38-,39-,40-,41+,42-/m00/s1. The molecule has 690 valence electrons. The van der Waals surface area contributed by atoms with Gasteiger partial charge in [0.2, 0.25) is 11.8 Å². The number of benzene rings is 6. The average molecular weight is 1760 g/mol. The molecule has 4 bridgehead atoms. The zero-order valence-electron chi connectivity index (χ0n) is 78.8. The summed E-state index contributed by atoms with van der Waals surface area (Å²) in [6, 6.07) is 41.4. The molecule has 6 aromatic carbocycles. The second kappa shape index (κ2) is 42.6. The van der Waals surface area contributed by atoms with Crippen LogP contribution in [0.3, 0.4) is 0 Å². The fourth-order valence-corrected chi connectivity index (χ4v) is 21.8. The van der Waals surface area contributed by atoms with Crippen molar-refractivity contribution in [1.82, 2.24) is 41.2 Å². The number of anilines is 2. The summed E-state index contributed by atoms with van der Waals surface area (Å²) in [5.41, 5.74) is 28.2. The number of ether oxygens (including phenoxy) is 2. The lowest BCUT2D eigenvalue weighted by Gasteiger charge is -2.62. The molecule has 28 nitrogen and oxygen atoms in total. The van der Waals surface area contributed by atoms with Gasteiger partial charge in [0.05, 0.1) is 78.0 Å². The van der Waals surface area contributed by atoms with E-state index in [0.717, 1.165) is 57.6 Å². The number of likely N-dealkylation sites (N-methyl/N-ethyl adjacent to an activating group) is 4. The van der Waals surface area contributed by atoms with Crippen molar-refractivity contribution in [3.05, 3.63) is 188 Å². The fourth-order valence-electron chi connectivity index (χ4n) is 20.7. The van der Waals surface area contributed by atoms with Crippen molar-refractivity contribution in [2.45, 2.75) is 207 Å². The Bertz CT molecular complexity index is 4830. The number of nitrogens with one attached hydrogen (secondary N) is 4. The SMILES string of the molecule is COc1c(CN2O[C@@H](CN=[N+]=[N-])[C@@H]([C@H](C)O)[C@H]2C(=O)N[C@H]2C[C@H]3C[C@@H]([C@@H]2C)C3(C)C)cccc1-c1cc(C(=O)N[C@@H](Cc2ccccc2)CN(C)C)cc(N(C)CCO)c1.COc1c(CN2O[C@@H](CN=[N+]=[N-])[C@@H]([C@H](C)O)[C@H]2C(=O)N[C@H]2C[C@H]3C[C@@H]([C@@H]2C)C3(C)C)cccc1-c1cc(C(=O)N[C@@H](Cc2ccccc2)CN(C)C)cc(N(C)CCO[Si](C)(C)C(C)(C)C)c1. The van der Waals surface area contributed by atoms with Crippen LogP contribution in [-0.2, 0) is 49.6 Å². The monoisotopic (exact) mass is 1760 g/mol. The van der Waals surface area contributed by atoms with E-state index in [9.17, 15) is 45.6 Å². The van der Waals surface area contributed by atoms with Gasteiger partial charge in [0.1, 0.15) is 23.6 Å². The van der Waals surface area contributed by atoms with Crippen LogP contribution in [-0.4, -0.2) is 237 Å². The van der Waals surface area contributed by atoms with Crippen LogP contribution >= 0.6 is 0 Å². The van der Waals surface area contributed by atoms with E-state index in [4.69, 9.17) is 23.6 Å². The van der Waals surface area contributed by atoms with Crippen LogP contribution in [0.1, 0.15) is 145 Å². The van der Waals surface area contributed by atoms with Gasteiger partial charge < -0.3 is 70.1 Å². The van der Waals surface area contributed by atoms with Gasteiger partial charge in [0.25, 0.3) is 11.8 Å². The summed E-state index contributed by atoms with van der Waals surface area (Å²) in [5.74, 6) is 1.62. The number of hydrogen-bond donors (Lipinski definition) is 7. The van der Waals surface area contributed by atoms with Gasteiger partial charge in [0, 0.05) is 131 Å². The summed E-state index contributed by atoms with van der Waals surface area (Å²) < 4.78 is 19.0. The molecule has 6 saturated carbocycles. The second-order valence-electron chi connectivity index (χ2n) is 39.9. The van der Waals surface area contributed by atoms with Gasteiger partial charge >= 0.3 is 0 Å². The van der Waals surface area contributed by atoms with Gasteiger partial charge in [-0.2, -0.15) is 10.1 Å². The normalized spacial score (nSPS) is 25.0. The molecule has 6 aromatic rings. The minimum Gasteiger partial charge on any atom is -0.496 e. The molecule has 6 aliphatic carbocycles. The van der Waals surface area contributed by atoms with E-state index in [1.807, 2.05) is 150 Å². The minimum absolute atomic E-state index is 0.000969. The fraction of sp³-hybridized carbons (Fsp3) is 0.592. The van der Waals surface area contributed by atoms with E-state index in [2.05, 4.69) is 162 Å². The molecule has 29 heteroatoms. The van der Waals surface area contributed by atoms with E-state index in [1.54, 1.807) is 38.2 Å². The van der Waals surface area contributed by atoms with Gasteiger partial charge in [-0.1, -0.05) is 170 Å². The molecule has 0 unspecified atom stereocenters. The number of para-hydroxylation sites is 2. The summed E-state index contributed by atoms with van der Waals surface area (Å²) in [6.07, 6.45) is 2.15. The van der Waals surface area contributed by atoms with E-state index in [0.29, 0.717) is 115 Å². The van der Waals surface area contributed by atoms with Gasteiger partial charge in [-0.05, 0) is 215 Å². The van der Waals surface area contributed by atoms with E-state index in [-0.39, 0.29) is 96.5 Å². The first-order valence-electron chi connectivity index (χ1n) is 45.4. The molecule has 2 saturated heterocycles. The van der Waals surface area contributed by atoms with Gasteiger partial charge in [-0.15, -0.1) is 0 Å². The average Bonchev–Trinajstić information content (AvgIpc) is 0.809. The lowest BCUT2D eigenvalue weighted by Crippen LogP contribution is -2.62. The molecule has 2 heterocycles. The summed E-state index contributed by atoms with van der Waals surface area (Å²) >= 11 is 0. The van der Waals surface area contributed by atoms with Crippen LogP contribution in [0.25, 0.3) is 43.1 Å². The first kappa shape index (κ1) is 98.4. The number of rotatable bonds is 38. The number of fused-ring (bicyclic) bond motifs is 4. The molecule has 2 aliphatic heterocycles. The quantitative estimate of drug-likeness (QED) is 0.00819. The number of carbonyl (C=O) groups is 4. The highest BCUT2D eigenvalue weighted by molar-refractivity contribution is 6.74. The van der Waals surface area contributed by atoms with Crippen LogP contribution in [0.4, 0.5) is 11.4 Å². The topological polar surface area (TPSA) is 340 Å². The highest BCUT2D eigenvalue weighted by atomic mass is 28.4. The molecular formula is C98H142N16O12Si. The van der Waals surface area contributed by atoms with Gasteiger partial charge in [-0.3, -0.25) is 28.9 Å². The Morgan fingerprint density at radius 3 is 1.31 bits per heavy atom. The smallest absolute Gasteiger partial charge is 0.251 e. The zero-order chi connectivity index (χ0) is 92.3. The maximum atomic E-state index is 14.6. The Kier molecular flexibility index (Phi) is 33.0. The van der Waals surface area contributed by atoms with Crippen molar-refractivity contribution in [2.75, 3.05) is 119 Å². The maximum Gasteiger partial charge on any atom is 0.251 e. The number of nitrogens with zero attached hydrogens (tertiary/aromatic N) is 12. The third-order valence-electron chi connectivity index (χ3n) is 29.2. The molecular weight excluding hydrogens is 1620 g/mol. The Morgan fingerprint density at radius 1 is 0.583 bits per heavy atom. The number of methoxy groups -OCH3 is 2. The van der Waals surface area contributed by atoms with Crippen LogP contribution in [0.15, 0.2) is 144 Å². The number of amides is 4. The lowest BCUT2D eigenvalue weighted by atomic mass is 9.45. The highest BCUT2D eigenvalue weighted by Gasteiger charge is 2.60. The molecule has 0 spiro atoms. The molecule has 7 N–H and O–H groups in total. The summed E-state index contributed by atoms with van der Waals surface area (Å²) in [5, 5.41) is 56.5. The van der Waals surface area contributed by atoms with Crippen LogP contribution in [0, 0.1) is 58.2 Å². The van der Waals surface area contributed by atoms with E-state index < -0.39 is 56.7 Å². The molecule has 4 amide bonds. The maximum absolute atomic E-state index is 14.6. The molecule has 0 radical (unpaired) electrons. The third-order valence-corrected chi connectivity index (χ3v) is 33.7. The Morgan fingerprint density at radius 2 is 0.976 bits per heavy atom. The zero-order valence-corrected chi connectivity index (χ0v) is 79.8. The van der Waals surface area contributed by atoms with Crippen LogP contribution in [0.2, 0.25) is 18.1 Å². The van der Waals surface area contributed by atoms with E-state index in [1.165, 1.54) is 12.8 Å². The summed E-state index contributed by atoms with van der Waals surface area (Å²) in [6.45, 7) is 31.2. The van der Waals surface area contributed by atoms with Gasteiger partial charge in [0.15, 0.2) is 8.32 Å². The van der Waals surface area contributed by atoms with Crippen molar-refractivity contribution in [2.24, 2.45) is 68.4 Å². The molecule has 8 aliphatic rings. The predicted octanol–water partition coefficient (Wildman–Crippen LogP) is 14.4. The van der Waals surface area contributed by atoms with Crippen LogP contribution in [0.5, 0.6) is 11.5 Å².